The van der Waals surface area contributed by atoms with E-state index in [0.717, 1.165) is 46.5 Å². The van der Waals surface area contributed by atoms with E-state index in [1.165, 1.54) is 16.0 Å². The quantitative estimate of drug-likeness (QED) is 0.756. The van der Waals surface area contributed by atoms with Gasteiger partial charge in [0.15, 0.2) is 0 Å². The summed E-state index contributed by atoms with van der Waals surface area (Å²) in [5, 5.41) is 4.26. The van der Waals surface area contributed by atoms with Crippen LogP contribution < -0.4 is 5.32 Å². The number of thiophene rings is 1. The Morgan fingerprint density at radius 3 is 2.65 bits per heavy atom. The molecule has 4 rings (SSSR count). The summed E-state index contributed by atoms with van der Waals surface area (Å²) in [7, 11) is 0. The third kappa shape index (κ3) is 3.26. The number of hydrogen-bond acceptors (Lipinski definition) is 5. The van der Waals surface area contributed by atoms with Crippen LogP contribution in [0, 0.1) is 0 Å². The summed E-state index contributed by atoms with van der Waals surface area (Å²) in [5.74, 6) is 0.138. The molecule has 1 aliphatic rings. The Balaban J connectivity index is 0.00000156. The highest BCUT2D eigenvalue weighted by Crippen LogP contribution is 2.34. The van der Waals surface area contributed by atoms with Gasteiger partial charge in [0.2, 0.25) is 0 Å². The first-order chi connectivity index (χ1) is 10.8. The molecule has 0 unspecified atom stereocenters. The van der Waals surface area contributed by atoms with Crippen LogP contribution in [0.4, 0.5) is 0 Å². The predicted molar refractivity (Wildman–Crippen MR) is 99.0 cm³/mol. The normalized spacial score (nSPS) is 14.7. The number of halogens is 1. The second-order valence-corrected chi connectivity index (χ2v) is 7.31. The van der Waals surface area contributed by atoms with Gasteiger partial charge in [-0.25, -0.2) is 4.98 Å². The van der Waals surface area contributed by atoms with Crippen LogP contribution in [0.2, 0.25) is 0 Å². The van der Waals surface area contributed by atoms with Crippen molar-refractivity contribution >= 4 is 51.2 Å². The Morgan fingerprint density at radius 2 is 1.87 bits per heavy atom. The number of carbonyl (C=O) groups is 1. The molecule has 23 heavy (non-hydrogen) atoms. The van der Waals surface area contributed by atoms with E-state index in [0.29, 0.717) is 0 Å². The Bertz CT molecular complexity index is 790. The number of aromatic nitrogens is 1. The number of benzene rings is 1. The molecular weight excluding hydrogens is 350 g/mol. The van der Waals surface area contributed by atoms with Gasteiger partial charge >= 0.3 is 0 Å². The molecule has 0 atom stereocenters. The smallest absolute Gasteiger partial charge is 0.264 e. The number of carbonyl (C=O) groups excluding carboxylic acids is 1. The molecule has 0 aliphatic carbocycles. The molecule has 1 amide bonds. The summed E-state index contributed by atoms with van der Waals surface area (Å²) in [4.78, 5) is 21.0. The molecule has 1 N–H and O–H groups in total. The predicted octanol–water partition coefficient (Wildman–Crippen LogP) is 3.49. The zero-order chi connectivity index (χ0) is 14.9. The highest BCUT2D eigenvalue weighted by atomic mass is 35.5. The van der Waals surface area contributed by atoms with Gasteiger partial charge in [-0.05, 0) is 24.3 Å². The van der Waals surface area contributed by atoms with Crippen LogP contribution in [-0.4, -0.2) is 42.0 Å². The molecule has 1 saturated heterocycles. The van der Waals surface area contributed by atoms with E-state index in [4.69, 9.17) is 0 Å². The van der Waals surface area contributed by atoms with Gasteiger partial charge in [-0.15, -0.1) is 35.1 Å². The van der Waals surface area contributed by atoms with E-state index in [-0.39, 0.29) is 18.3 Å². The van der Waals surface area contributed by atoms with Crippen LogP contribution in [0.15, 0.2) is 36.4 Å². The van der Waals surface area contributed by atoms with Crippen molar-refractivity contribution in [1.29, 1.82) is 0 Å². The van der Waals surface area contributed by atoms with Gasteiger partial charge in [-0.3, -0.25) is 4.79 Å². The maximum Gasteiger partial charge on any atom is 0.264 e. The minimum absolute atomic E-state index is 0. The van der Waals surface area contributed by atoms with Gasteiger partial charge < -0.3 is 10.2 Å². The molecule has 1 aliphatic heterocycles. The molecule has 7 heteroatoms. The lowest BCUT2D eigenvalue weighted by molar-refractivity contribution is 0.0740. The van der Waals surface area contributed by atoms with Gasteiger partial charge in [0, 0.05) is 26.2 Å². The summed E-state index contributed by atoms with van der Waals surface area (Å²) in [5.41, 5.74) is 1.02. The van der Waals surface area contributed by atoms with Crippen molar-refractivity contribution in [3.63, 3.8) is 0 Å². The standard InChI is InChI=1S/C16H15N3OS2.ClH/c20-16(19-9-7-17-8-10-19)14-6-5-13(21-14)15-18-11-3-1-2-4-12(11)22-15;/h1-6,17H,7-10H2;1H. The number of fused-ring (bicyclic) bond motifs is 1. The van der Waals surface area contributed by atoms with Crippen LogP contribution in [0.1, 0.15) is 9.67 Å². The van der Waals surface area contributed by atoms with Gasteiger partial charge in [0.1, 0.15) is 5.01 Å². The lowest BCUT2D eigenvalue weighted by atomic mass is 10.3. The SMILES string of the molecule is Cl.O=C(c1ccc(-c2nc3ccccc3s2)s1)N1CCNCC1. The number of para-hydroxylation sites is 1. The average molecular weight is 366 g/mol. The van der Waals surface area contributed by atoms with Crippen molar-refractivity contribution in [2.24, 2.45) is 0 Å². The molecule has 3 aromatic rings. The Labute approximate surface area is 148 Å². The van der Waals surface area contributed by atoms with Crippen LogP contribution in [-0.2, 0) is 0 Å². The number of amides is 1. The monoisotopic (exact) mass is 365 g/mol. The number of nitrogens with zero attached hydrogens (tertiary/aromatic N) is 2. The zero-order valence-electron chi connectivity index (χ0n) is 12.3. The lowest BCUT2D eigenvalue weighted by Crippen LogP contribution is -2.46. The third-order valence-electron chi connectivity index (χ3n) is 3.73. The minimum atomic E-state index is 0. The molecule has 1 fully saturated rings. The largest absolute Gasteiger partial charge is 0.335 e. The Hall–Kier alpha value is -1.47. The van der Waals surface area contributed by atoms with Crippen LogP contribution >= 0.6 is 35.1 Å². The lowest BCUT2D eigenvalue weighted by Gasteiger charge is -2.26. The highest BCUT2D eigenvalue weighted by molar-refractivity contribution is 7.26. The molecule has 120 valence electrons. The van der Waals surface area contributed by atoms with Gasteiger partial charge in [-0.1, -0.05) is 12.1 Å². The first-order valence-electron chi connectivity index (χ1n) is 7.27. The van der Waals surface area contributed by atoms with Crippen molar-refractivity contribution < 1.29 is 4.79 Å². The Morgan fingerprint density at radius 1 is 1.09 bits per heavy atom. The van der Waals surface area contributed by atoms with Crippen molar-refractivity contribution in [3.05, 3.63) is 41.3 Å². The third-order valence-corrected chi connectivity index (χ3v) is 6.00. The van der Waals surface area contributed by atoms with Crippen molar-refractivity contribution in [1.82, 2.24) is 15.2 Å². The molecule has 0 bridgehead atoms. The summed E-state index contributed by atoms with van der Waals surface area (Å²) in [6.45, 7) is 3.32. The summed E-state index contributed by atoms with van der Waals surface area (Å²) in [6.07, 6.45) is 0. The average Bonchev–Trinajstić information content (AvgIpc) is 3.21. The molecule has 0 radical (unpaired) electrons. The van der Waals surface area contributed by atoms with E-state index in [2.05, 4.69) is 16.4 Å². The summed E-state index contributed by atoms with van der Waals surface area (Å²) >= 11 is 3.21. The van der Waals surface area contributed by atoms with Crippen molar-refractivity contribution in [3.8, 4) is 9.88 Å². The van der Waals surface area contributed by atoms with Crippen molar-refractivity contribution in [2.45, 2.75) is 0 Å². The topological polar surface area (TPSA) is 45.2 Å². The fraction of sp³-hybridized carbons (Fsp3) is 0.250. The van der Waals surface area contributed by atoms with E-state index in [1.807, 2.05) is 35.2 Å². The first-order valence-corrected chi connectivity index (χ1v) is 8.90. The fourth-order valence-electron chi connectivity index (χ4n) is 2.57. The molecule has 0 spiro atoms. The van der Waals surface area contributed by atoms with Crippen molar-refractivity contribution in [2.75, 3.05) is 26.2 Å². The van der Waals surface area contributed by atoms with Crippen LogP contribution in [0.5, 0.6) is 0 Å². The molecule has 3 heterocycles. The maximum atomic E-state index is 12.5. The van der Waals surface area contributed by atoms with Gasteiger partial charge in [0.05, 0.1) is 20.0 Å². The van der Waals surface area contributed by atoms with Crippen LogP contribution in [0.3, 0.4) is 0 Å². The maximum absolute atomic E-state index is 12.5. The number of thiazole rings is 1. The van der Waals surface area contributed by atoms with Crippen LogP contribution in [0.25, 0.3) is 20.1 Å². The minimum Gasteiger partial charge on any atom is -0.335 e. The molecule has 2 aromatic heterocycles. The number of nitrogens with one attached hydrogen (secondary N) is 1. The second-order valence-electron chi connectivity index (χ2n) is 5.19. The van der Waals surface area contributed by atoms with Gasteiger partial charge in [-0.2, -0.15) is 0 Å². The Kier molecular flexibility index (Phi) is 4.96. The summed E-state index contributed by atoms with van der Waals surface area (Å²) in [6, 6.07) is 12.1. The molecule has 1 aromatic carbocycles. The fourth-order valence-corrected chi connectivity index (χ4v) is 4.56. The van der Waals surface area contributed by atoms with E-state index in [1.54, 1.807) is 11.3 Å². The molecule has 0 saturated carbocycles. The van der Waals surface area contributed by atoms with E-state index in [9.17, 15) is 4.79 Å². The number of rotatable bonds is 2. The zero-order valence-corrected chi connectivity index (χ0v) is 14.8. The molecular formula is C16H16ClN3OS2. The first kappa shape index (κ1) is 16.4. The second kappa shape index (κ2) is 6.97. The van der Waals surface area contributed by atoms with E-state index >= 15 is 0 Å². The van der Waals surface area contributed by atoms with Gasteiger partial charge in [0.25, 0.3) is 5.91 Å². The van der Waals surface area contributed by atoms with E-state index < -0.39 is 0 Å². The number of piperazine rings is 1. The summed E-state index contributed by atoms with van der Waals surface area (Å²) < 4.78 is 1.18. The highest BCUT2D eigenvalue weighted by Gasteiger charge is 2.20. The molecule has 4 nitrogen and oxygen atoms in total. The number of hydrogen-bond donors (Lipinski definition) is 1.